The summed E-state index contributed by atoms with van der Waals surface area (Å²) in [5, 5.41) is 0.790. The molecule has 0 radical (unpaired) electrons. The first-order chi connectivity index (χ1) is 12.4. The quantitative estimate of drug-likeness (QED) is 0.594. The molecular formula is C20H21NO4S. The fraction of sp³-hybridized carbons (Fsp3) is 0.250. The summed E-state index contributed by atoms with van der Waals surface area (Å²) in [6, 6.07) is 7.22. The Bertz CT molecular complexity index is 1030. The second kappa shape index (κ2) is 6.96. The van der Waals surface area contributed by atoms with Gasteiger partial charge >= 0.3 is 5.97 Å². The summed E-state index contributed by atoms with van der Waals surface area (Å²) in [6.45, 7) is 3.73. The molecule has 1 aromatic heterocycles. The molecule has 0 spiro atoms. The lowest BCUT2D eigenvalue weighted by Gasteiger charge is -2.27. The van der Waals surface area contributed by atoms with Crippen LogP contribution in [0.15, 0.2) is 60.8 Å². The number of carbonyl (C=O) groups excluding carboxylic acids is 1. The van der Waals surface area contributed by atoms with Crippen LogP contribution in [-0.4, -0.2) is 29.7 Å². The van der Waals surface area contributed by atoms with E-state index in [1.807, 2.05) is 24.3 Å². The van der Waals surface area contributed by atoms with Gasteiger partial charge < -0.3 is 4.74 Å². The van der Waals surface area contributed by atoms with E-state index in [2.05, 4.69) is 0 Å². The molecule has 0 N–H and O–H groups in total. The molecule has 0 saturated heterocycles. The van der Waals surface area contributed by atoms with Crippen molar-refractivity contribution < 1.29 is 17.9 Å². The number of ether oxygens (including phenoxy) is 1. The van der Waals surface area contributed by atoms with E-state index < -0.39 is 20.7 Å². The van der Waals surface area contributed by atoms with Crippen molar-refractivity contribution in [3.05, 3.63) is 66.4 Å². The zero-order valence-corrected chi connectivity index (χ0v) is 15.6. The molecule has 1 atom stereocenters. The van der Waals surface area contributed by atoms with Gasteiger partial charge in [-0.05, 0) is 32.4 Å². The van der Waals surface area contributed by atoms with Gasteiger partial charge in [0.2, 0.25) is 10.0 Å². The Kier molecular flexibility index (Phi) is 4.87. The molecule has 1 aromatic carbocycles. The minimum absolute atomic E-state index is 0.288. The molecule has 0 amide bonds. The normalized spacial score (nSPS) is 20.1. The highest BCUT2D eigenvalue weighted by Gasteiger charge is 2.38. The van der Waals surface area contributed by atoms with Gasteiger partial charge in [0.05, 0.1) is 12.1 Å². The van der Waals surface area contributed by atoms with E-state index in [0.29, 0.717) is 17.5 Å². The second-order valence-electron chi connectivity index (χ2n) is 6.29. The van der Waals surface area contributed by atoms with Crippen molar-refractivity contribution in [3.8, 4) is 0 Å². The SMILES string of the molecule is CCOC(=O)/C=C/c1cccc2ccn(S(=O)(=O)C3(C)C=CC=CC3)c12. The zero-order valence-electron chi connectivity index (χ0n) is 14.8. The van der Waals surface area contributed by atoms with Crippen LogP contribution in [0.4, 0.5) is 0 Å². The van der Waals surface area contributed by atoms with Crippen LogP contribution in [0.3, 0.4) is 0 Å². The predicted octanol–water partition coefficient (Wildman–Crippen LogP) is 3.67. The fourth-order valence-electron chi connectivity index (χ4n) is 3.00. The van der Waals surface area contributed by atoms with Crippen molar-refractivity contribution in [1.29, 1.82) is 0 Å². The summed E-state index contributed by atoms with van der Waals surface area (Å²) >= 11 is 0. The monoisotopic (exact) mass is 371 g/mol. The van der Waals surface area contributed by atoms with Gasteiger partial charge in [-0.1, -0.05) is 42.5 Å². The molecule has 5 nitrogen and oxygen atoms in total. The van der Waals surface area contributed by atoms with Crippen LogP contribution in [-0.2, 0) is 19.6 Å². The molecule has 0 bridgehead atoms. The number of aromatic nitrogens is 1. The Hall–Kier alpha value is -2.60. The van der Waals surface area contributed by atoms with Gasteiger partial charge in [-0.15, -0.1) is 0 Å². The lowest BCUT2D eigenvalue weighted by Crippen LogP contribution is -2.37. The molecule has 2 aromatic rings. The number of nitrogens with zero attached hydrogens (tertiary/aromatic N) is 1. The number of hydrogen-bond acceptors (Lipinski definition) is 4. The zero-order chi connectivity index (χ0) is 18.8. The van der Waals surface area contributed by atoms with Gasteiger partial charge in [0, 0.05) is 23.2 Å². The minimum atomic E-state index is -3.69. The van der Waals surface area contributed by atoms with Crippen molar-refractivity contribution in [1.82, 2.24) is 3.97 Å². The van der Waals surface area contributed by atoms with E-state index in [-0.39, 0.29) is 6.61 Å². The minimum Gasteiger partial charge on any atom is -0.463 e. The Balaban J connectivity index is 2.12. The van der Waals surface area contributed by atoms with Crippen LogP contribution in [0.1, 0.15) is 25.8 Å². The predicted molar refractivity (Wildman–Crippen MR) is 103 cm³/mol. The molecule has 3 rings (SSSR count). The standard InChI is InChI=1S/C20H21NO4S/c1-3-25-18(22)11-10-16-8-7-9-17-12-15-21(19(16)17)26(23,24)20(2)13-5-4-6-14-20/h4-13,15H,3,14H2,1-2H3/b11-10+. The number of carbonyl (C=O) groups is 1. The van der Waals surface area contributed by atoms with Gasteiger partial charge in [0.25, 0.3) is 0 Å². The van der Waals surface area contributed by atoms with Crippen molar-refractivity contribution in [2.45, 2.75) is 25.0 Å². The molecule has 1 unspecified atom stereocenters. The molecule has 26 heavy (non-hydrogen) atoms. The number of rotatable bonds is 5. The third-order valence-corrected chi connectivity index (χ3v) is 6.76. The van der Waals surface area contributed by atoms with E-state index in [1.54, 1.807) is 50.4 Å². The van der Waals surface area contributed by atoms with E-state index in [9.17, 15) is 13.2 Å². The van der Waals surface area contributed by atoms with Crippen molar-refractivity contribution in [2.75, 3.05) is 6.61 Å². The summed E-state index contributed by atoms with van der Waals surface area (Å²) in [5.74, 6) is -0.460. The highest BCUT2D eigenvalue weighted by atomic mass is 32.2. The first-order valence-electron chi connectivity index (χ1n) is 8.43. The van der Waals surface area contributed by atoms with Crippen LogP contribution in [0.25, 0.3) is 17.0 Å². The number of esters is 1. The van der Waals surface area contributed by atoms with Gasteiger partial charge in [-0.2, -0.15) is 0 Å². The number of allylic oxidation sites excluding steroid dienone is 3. The average Bonchev–Trinajstić information content (AvgIpc) is 3.06. The molecule has 0 aliphatic heterocycles. The first-order valence-corrected chi connectivity index (χ1v) is 9.87. The smallest absolute Gasteiger partial charge is 0.330 e. The number of hydrogen-bond donors (Lipinski definition) is 0. The third kappa shape index (κ3) is 3.12. The summed E-state index contributed by atoms with van der Waals surface area (Å²) in [6.07, 6.45) is 12.0. The van der Waals surface area contributed by atoms with Crippen LogP contribution in [0.2, 0.25) is 0 Å². The summed E-state index contributed by atoms with van der Waals surface area (Å²) < 4.78 is 31.9. The Morgan fingerprint density at radius 3 is 2.81 bits per heavy atom. The summed E-state index contributed by atoms with van der Waals surface area (Å²) in [5.41, 5.74) is 1.19. The largest absolute Gasteiger partial charge is 0.463 e. The maximum atomic E-state index is 13.3. The molecule has 0 fully saturated rings. The van der Waals surface area contributed by atoms with Crippen molar-refractivity contribution >= 4 is 33.0 Å². The summed E-state index contributed by atoms with van der Waals surface area (Å²) in [4.78, 5) is 11.6. The third-order valence-electron chi connectivity index (χ3n) is 4.46. The summed E-state index contributed by atoms with van der Waals surface area (Å²) in [7, 11) is -3.69. The number of benzene rings is 1. The number of fused-ring (bicyclic) bond motifs is 1. The molecule has 6 heteroatoms. The Morgan fingerprint density at radius 2 is 2.12 bits per heavy atom. The van der Waals surface area contributed by atoms with Crippen molar-refractivity contribution in [2.24, 2.45) is 0 Å². The first kappa shape index (κ1) is 18.2. The lowest BCUT2D eigenvalue weighted by molar-refractivity contribution is -0.137. The van der Waals surface area contributed by atoms with Crippen LogP contribution in [0, 0.1) is 0 Å². The maximum absolute atomic E-state index is 13.3. The van der Waals surface area contributed by atoms with Crippen LogP contribution >= 0.6 is 0 Å². The fourth-order valence-corrected chi connectivity index (χ4v) is 4.68. The Morgan fingerprint density at radius 1 is 1.31 bits per heavy atom. The van der Waals surface area contributed by atoms with Crippen molar-refractivity contribution in [3.63, 3.8) is 0 Å². The lowest BCUT2D eigenvalue weighted by atomic mass is 10.0. The van der Waals surface area contributed by atoms with Crippen LogP contribution in [0.5, 0.6) is 0 Å². The molecule has 1 aliphatic carbocycles. The van der Waals surface area contributed by atoms with E-state index >= 15 is 0 Å². The molecule has 0 saturated carbocycles. The maximum Gasteiger partial charge on any atom is 0.330 e. The molecule has 1 aliphatic rings. The molecule has 1 heterocycles. The van der Waals surface area contributed by atoms with Gasteiger partial charge in [-0.25, -0.2) is 17.2 Å². The van der Waals surface area contributed by atoms with Crippen LogP contribution < -0.4 is 0 Å². The number of para-hydroxylation sites is 1. The second-order valence-corrected chi connectivity index (χ2v) is 8.57. The van der Waals surface area contributed by atoms with Gasteiger partial charge in [0.1, 0.15) is 4.75 Å². The van der Waals surface area contributed by atoms with Gasteiger partial charge in [0.15, 0.2) is 0 Å². The highest BCUT2D eigenvalue weighted by molar-refractivity contribution is 7.91. The van der Waals surface area contributed by atoms with E-state index in [1.165, 1.54) is 10.0 Å². The van der Waals surface area contributed by atoms with E-state index in [4.69, 9.17) is 4.74 Å². The molecular weight excluding hydrogens is 350 g/mol. The molecule has 136 valence electrons. The topological polar surface area (TPSA) is 65.4 Å². The van der Waals surface area contributed by atoms with Gasteiger partial charge in [-0.3, -0.25) is 0 Å². The van der Waals surface area contributed by atoms with E-state index in [0.717, 1.165) is 5.39 Å². The average molecular weight is 371 g/mol. The highest BCUT2D eigenvalue weighted by Crippen LogP contribution is 2.32. The Labute approximate surface area is 153 Å².